The predicted molar refractivity (Wildman–Crippen MR) is 121 cm³/mol. The highest BCUT2D eigenvalue weighted by Gasteiger charge is 2.20. The molecule has 2 aromatic rings. The zero-order valence-corrected chi connectivity index (χ0v) is 19.1. The molecule has 0 aliphatic carbocycles. The van der Waals surface area contributed by atoms with Gasteiger partial charge in [-0.15, -0.1) is 0 Å². The molecule has 0 aliphatic rings. The van der Waals surface area contributed by atoms with Crippen LogP contribution >= 0.6 is 0 Å². The second-order valence-corrected chi connectivity index (χ2v) is 8.26. The Bertz CT molecular complexity index is 855. The van der Waals surface area contributed by atoms with E-state index < -0.39 is 11.7 Å². The van der Waals surface area contributed by atoms with E-state index >= 15 is 0 Å². The molecule has 1 N–H and O–H groups in total. The molecule has 31 heavy (non-hydrogen) atoms. The van der Waals surface area contributed by atoms with Crippen molar-refractivity contribution in [3.63, 3.8) is 0 Å². The lowest BCUT2D eigenvalue weighted by Crippen LogP contribution is -2.31. The monoisotopic (exact) mass is 427 g/mol. The average Bonchev–Trinajstić information content (AvgIpc) is 2.72. The van der Waals surface area contributed by atoms with Crippen molar-refractivity contribution in [2.24, 2.45) is 0 Å². The minimum atomic E-state index is -0.597. The molecule has 2 rings (SSSR count). The molecule has 0 aromatic heterocycles. The molecular formula is C25H33NO5. The molecule has 1 unspecified atom stereocenters. The fourth-order valence-corrected chi connectivity index (χ4v) is 3.14. The minimum absolute atomic E-state index is 0.164. The van der Waals surface area contributed by atoms with Crippen molar-refractivity contribution < 1.29 is 23.8 Å². The van der Waals surface area contributed by atoms with E-state index in [1.54, 1.807) is 0 Å². The zero-order valence-electron chi connectivity index (χ0n) is 19.1. The maximum Gasteiger partial charge on any atom is 0.335 e. The first kappa shape index (κ1) is 24.6. The van der Waals surface area contributed by atoms with Crippen molar-refractivity contribution in [1.29, 1.82) is 0 Å². The van der Waals surface area contributed by atoms with Crippen LogP contribution in [0.1, 0.15) is 38.8 Å². The molecule has 0 saturated carbocycles. The topological polar surface area (TPSA) is 73.9 Å². The van der Waals surface area contributed by atoms with Gasteiger partial charge in [-0.2, -0.15) is 0 Å². The lowest BCUT2D eigenvalue weighted by atomic mass is 10.00. The number of rotatable bonds is 10. The minimum Gasteiger partial charge on any atom is -0.467 e. The summed E-state index contributed by atoms with van der Waals surface area (Å²) in [7, 11) is 1.37. The lowest BCUT2D eigenvalue weighted by Gasteiger charge is -2.19. The average molecular weight is 428 g/mol. The van der Waals surface area contributed by atoms with Gasteiger partial charge in [-0.3, -0.25) is 4.79 Å². The van der Waals surface area contributed by atoms with E-state index in [9.17, 15) is 9.59 Å². The summed E-state index contributed by atoms with van der Waals surface area (Å²) in [6.07, 6.45) is -0.129. The molecule has 6 nitrogen and oxygen atoms in total. The first-order valence-electron chi connectivity index (χ1n) is 10.5. The van der Waals surface area contributed by atoms with Crippen LogP contribution in [-0.2, 0) is 36.8 Å². The third-order valence-electron chi connectivity index (χ3n) is 4.49. The van der Waals surface area contributed by atoms with Gasteiger partial charge in [0.25, 0.3) is 0 Å². The van der Waals surface area contributed by atoms with Gasteiger partial charge in [0.15, 0.2) is 6.10 Å². The van der Waals surface area contributed by atoms with Gasteiger partial charge in [-0.25, -0.2) is 4.79 Å². The second-order valence-electron chi connectivity index (χ2n) is 8.26. The van der Waals surface area contributed by atoms with Crippen molar-refractivity contribution in [1.82, 2.24) is 5.32 Å². The van der Waals surface area contributed by atoms with E-state index in [1.807, 2.05) is 70.2 Å². The summed E-state index contributed by atoms with van der Waals surface area (Å²) < 4.78 is 15.6. The molecule has 0 fully saturated rings. The summed E-state index contributed by atoms with van der Waals surface area (Å²) in [6, 6.07) is 16.2. The van der Waals surface area contributed by atoms with Crippen LogP contribution in [0.15, 0.2) is 48.5 Å². The van der Waals surface area contributed by atoms with Crippen LogP contribution in [0.4, 0.5) is 0 Å². The Morgan fingerprint density at radius 2 is 1.71 bits per heavy atom. The highest BCUT2D eigenvalue weighted by atomic mass is 16.6. The number of esters is 2. The van der Waals surface area contributed by atoms with Crippen molar-refractivity contribution in [3.8, 4) is 11.1 Å². The van der Waals surface area contributed by atoms with Crippen molar-refractivity contribution in [2.75, 3.05) is 20.3 Å². The molecule has 0 spiro atoms. The number of hydrogen-bond acceptors (Lipinski definition) is 6. The highest BCUT2D eigenvalue weighted by Crippen LogP contribution is 2.22. The molecule has 0 aliphatic heterocycles. The molecule has 0 bridgehead atoms. The van der Waals surface area contributed by atoms with Crippen LogP contribution < -0.4 is 5.32 Å². The van der Waals surface area contributed by atoms with Crippen LogP contribution in [0.3, 0.4) is 0 Å². The summed E-state index contributed by atoms with van der Waals surface area (Å²) in [5.41, 5.74) is 3.75. The predicted octanol–water partition coefficient (Wildman–Crippen LogP) is 3.91. The van der Waals surface area contributed by atoms with Gasteiger partial charge in [0.2, 0.25) is 0 Å². The van der Waals surface area contributed by atoms with Gasteiger partial charge >= 0.3 is 11.9 Å². The fraction of sp³-hybridized carbons (Fsp3) is 0.440. The highest BCUT2D eigenvalue weighted by molar-refractivity contribution is 5.75. The Morgan fingerprint density at radius 1 is 1.00 bits per heavy atom. The van der Waals surface area contributed by atoms with Gasteiger partial charge in [0, 0.05) is 19.6 Å². The smallest absolute Gasteiger partial charge is 0.335 e. The summed E-state index contributed by atoms with van der Waals surface area (Å²) in [4.78, 5) is 23.7. The number of carbonyl (C=O) groups excluding carboxylic acids is 2. The third-order valence-corrected chi connectivity index (χ3v) is 4.49. The fourth-order valence-electron chi connectivity index (χ4n) is 3.14. The van der Waals surface area contributed by atoms with Gasteiger partial charge in [0.05, 0.1) is 13.7 Å². The van der Waals surface area contributed by atoms with E-state index in [-0.39, 0.29) is 18.5 Å². The molecule has 0 saturated heterocycles. The molecule has 0 amide bonds. The van der Waals surface area contributed by atoms with Gasteiger partial charge in [-0.05, 0) is 56.0 Å². The standard InChI is InChI=1S/C25H33NO5/c1-6-30-22(24(28)29-5)15-18-10-12-20(13-11-18)21-9-7-8-19(14-21)16-26-17-23(27)31-25(2,3)4/h7-14,22,26H,6,15-17H2,1-5H3. The maximum atomic E-state index is 11.8. The number of nitrogens with one attached hydrogen (secondary N) is 1. The van der Waals surface area contributed by atoms with Crippen LogP contribution in [0, 0.1) is 0 Å². The van der Waals surface area contributed by atoms with Gasteiger partial charge in [0.1, 0.15) is 5.60 Å². The molecular weight excluding hydrogens is 394 g/mol. The first-order valence-corrected chi connectivity index (χ1v) is 10.5. The van der Waals surface area contributed by atoms with Gasteiger partial charge in [-0.1, -0.05) is 42.5 Å². The zero-order chi connectivity index (χ0) is 22.9. The summed E-state index contributed by atoms with van der Waals surface area (Å²) in [6.45, 7) is 8.60. The Balaban J connectivity index is 1.97. The molecule has 0 radical (unpaired) electrons. The molecule has 1 atom stereocenters. The molecule has 2 aromatic carbocycles. The maximum absolute atomic E-state index is 11.8. The number of hydrogen-bond donors (Lipinski definition) is 1. The second kappa shape index (κ2) is 11.6. The number of ether oxygens (including phenoxy) is 3. The van der Waals surface area contributed by atoms with Crippen molar-refractivity contribution in [3.05, 3.63) is 59.7 Å². The van der Waals surface area contributed by atoms with E-state index in [4.69, 9.17) is 14.2 Å². The summed E-state index contributed by atoms with van der Waals surface area (Å²) in [5.74, 6) is -0.630. The largest absolute Gasteiger partial charge is 0.467 e. The lowest BCUT2D eigenvalue weighted by molar-refractivity contribution is -0.154. The van der Waals surface area contributed by atoms with Crippen molar-refractivity contribution in [2.45, 2.75) is 52.4 Å². The molecule has 0 heterocycles. The number of methoxy groups -OCH3 is 1. The summed E-state index contributed by atoms with van der Waals surface area (Å²) >= 11 is 0. The van der Waals surface area contributed by atoms with Crippen LogP contribution in [0.25, 0.3) is 11.1 Å². The van der Waals surface area contributed by atoms with Crippen molar-refractivity contribution >= 4 is 11.9 Å². The molecule has 6 heteroatoms. The van der Waals surface area contributed by atoms with E-state index in [0.29, 0.717) is 19.6 Å². The Morgan fingerprint density at radius 3 is 2.32 bits per heavy atom. The third kappa shape index (κ3) is 8.52. The van der Waals surface area contributed by atoms with E-state index in [0.717, 1.165) is 22.3 Å². The number of carbonyl (C=O) groups is 2. The van der Waals surface area contributed by atoms with Crippen LogP contribution in [0.5, 0.6) is 0 Å². The summed E-state index contributed by atoms with van der Waals surface area (Å²) in [5, 5.41) is 3.13. The van der Waals surface area contributed by atoms with Crippen LogP contribution in [0.2, 0.25) is 0 Å². The molecule has 168 valence electrons. The van der Waals surface area contributed by atoms with E-state index in [1.165, 1.54) is 7.11 Å². The Labute approximate surface area is 184 Å². The van der Waals surface area contributed by atoms with Gasteiger partial charge < -0.3 is 19.5 Å². The Hall–Kier alpha value is -2.70. The normalized spacial score (nSPS) is 12.3. The van der Waals surface area contributed by atoms with E-state index in [2.05, 4.69) is 11.4 Å². The SMILES string of the molecule is CCOC(Cc1ccc(-c2cccc(CNCC(=O)OC(C)(C)C)c2)cc1)C(=O)OC. The van der Waals surface area contributed by atoms with Crippen LogP contribution in [-0.4, -0.2) is 43.9 Å². The number of benzene rings is 2. The quantitative estimate of drug-likeness (QED) is 0.580. The first-order chi connectivity index (χ1) is 14.7. The Kier molecular flexibility index (Phi) is 9.21.